The highest BCUT2D eigenvalue weighted by Crippen LogP contribution is 2.38. The molecule has 0 amide bonds. The van der Waals surface area contributed by atoms with Gasteiger partial charge in [-0.1, -0.05) is 34.1 Å². The molecule has 0 aromatic heterocycles. The Hall–Kier alpha value is -2.11. The Morgan fingerprint density at radius 1 is 1.15 bits per heavy atom. The van der Waals surface area contributed by atoms with E-state index in [2.05, 4.69) is 33.4 Å². The van der Waals surface area contributed by atoms with Gasteiger partial charge in [-0.25, -0.2) is 4.79 Å². The third-order valence-electron chi connectivity index (χ3n) is 5.20. The summed E-state index contributed by atoms with van der Waals surface area (Å²) in [7, 11) is 0. The van der Waals surface area contributed by atoms with E-state index in [1.165, 1.54) is 0 Å². The third kappa shape index (κ3) is 3.94. The van der Waals surface area contributed by atoms with E-state index in [0.717, 1.165) is 71.3 Å². The molecule has 4 nitrogen and oxygen atoms in total. The number of benzene rings is 2. The molecule has 1 atom stereocenters. The Bertz CT molecular complexity index is 883. The molecule has 2 aliphatic rings. The standard InChI is InChI=1S/C22H22BrNO3/c23-20-3-1-2-15-12-16(22(25)26)6-9-19(15)21(20)14-4-7-17(8-5-14)27-18-10-11-24-13-18/h4-9,12,18,24H,1-3,10-11,13H2,(H,25,26). The monoisotopic (exact) mass is 427 g/mol. The number of hydrogen-bond acceptors (Lipinski definition) is 3. The Labute approximate surface area is 167 Å². The van der Waals surface area contributed by atoms with Gasteiger partial charge >= 0.3 is 5.97 Å². The van der Waals surface area contributed by atoms with Crippen LogP contribution in [0.2, 0.25) is 0 Å². The van der Waals surface area contributed by atoms with Crippen LogP contribution in [-0.2, 0) is 6.42 Å². The van der Waals surface area contributed by atoms with Crippen LogP contribution in [0.1, 0.15) is 46.3 Å². The summed E-state index contributed by atoms with van der Waals surface area (Å²) in [5.74, 6) is 0.00814. The molecular formula is C22H22BrNO3. The molecule has 5 heteroatoms. The largest absolute Gasteiger partial charge is 0.489 e. The minimum absolute atomic E-state index is 0.245. The predicted octanol–water partition coefficient (Wildman–Crippen LogP) is 4.62. The molecule has 140 valence electrons. The highest BCUT2D eigenvalue weighted by Gasteiger charge is 2.20. The molecule has 4 rings (SSSR count). The van der Waals surface area contributed by atoms with Gasteiger partial charge in [0.15, 0.2) is 0 Å². The van der Waals surface area contributed by atoms with Gasteiger partial charge < -0.3 is 15.2 Å². The molecule has 1 fully saturated rings. The van der Waals surface area contributed by atoms with Gasteiger partial charge in [0, 0.05) is 11.0 Å². The van der Waals surface area contributed by atoms with Crippen molar-refractivity contribution in [2.75, 3.05) is 13.1 Å². The van der Waals surface area contributed by atoms with Crippen LogP contribution in [0.25, 0.3) is 5.57 Å². The molecule has 0 saturated carbocycles. The van der Waals surface area contributed by atoms with Gasteiger partial charge in [0.05, 0.1) is 5.56 Å². The Morgan fingerprint density at radius 3 is 2.67 bits per heavy atom. The highest BCUT2D eigenvalue weighted by molar-refractivity contribution is 9.11. The topological polar surface area (TPSA) is 58.6 Å². The van der Waals surface area contributed by atoms with Crippen LogP contribution in [-0.4, -0.2) is 30.3 Å². The lowest BCUT2D eigenvalue weighted by Crippen LogP contribution is -2.19. The van der Waals surface area contributed by atoms with E-state index < -0.39 is 5.97 Å². The maximum Gasteiger partial charge on any atom is 0.335 e. The van der Waals surface area contributed by atoms with Crippen molar-refractivity contribution in [1.29, 1.82) is 0 Å². The summed E-state index contributed by atoms with van der Waals surface area (Å²) in [6.45, 7) is 1.91. The van der Waals surface area contributed by atoms with Crippen molar-refractivity contribution < 1.29 is 14.6 Å². The lowest BCUT2D eigenvalue weighted by molar-refractivity contribution is 0.0696. The number of rotatable bonds is 4. The Morgan fingerprint density at radius 2 is 1.96 bits per heavy atom. The second-order valence-corrected chi connectivity index (χ2v) is 8.02. The first-order valence-electron chi connectivity index (χ1n) is 9.35. The van der Waals surface area contributed by atoms with E-state index in [0.29, 0.717) is 5.56 Å². The average molecular weight is 428 g/mol. The fourth-order valence-electron chi connectivity index (χ4n) is 3.82. The van der Waals surface area contributed by atoms with Crippen molar-refractivity contribution in [3.63, 3.8) is 0 Å². The number of hydrogen-bond donors (Lipinski definition) is 2. The third-order valence-corrected chi connectivity index (χ3v) is 5.99. The zero-order chi connectivity index (χ0) is 18.8. The molecule has 0 spiro atoms. The highest BCUT2D eigenvalue weighted by atomic mass is 79.9. The molecule has 1 unspecified atom stereocenters. The summed E-state index contributed by atoms with van der Waals surface area (Å²) >= 11 is 3.77. The number of aryl methyl sites for hydroxylation is 1. The van der Waals surface area contributed by atoms with E-state index in [9.17, 15) is 9.90 Å². The van der Waals surface area contributed by atoms with Crippen LogP contribution in [0.4, 0.5) is 0 Å². The minimum Gasteiger partial charge on any atom is -0.489 e. The predicted molar refractivity (Wildman–Crippen MR) is 110 cm³/mol. The van der Waals surface area contributed by atoms with Crippen LogP contribution in [0, 0.1) is 0 Å². The molecule has 0 radical (unpaired) electrons. The van der Waals surface area contributed by atoms with Gasteiger partial charge in [-0.2, -0.15) is 0 Å². The fourth-order valence-corrected chi connectivity index (χ4v) is 4.54. The van der Waals surface area contributed by atoms with E-state index in [1.54, 1.807) is 6.07 Å². The minimum atomic E-state index is -0.880. The number of fused-ring (bicyclic) bond motifs is 1. The number of nitrogens with one attached hydrogen (secondary N) is 1. The van der Waals surface area contributed by atoms with Crippen molar-refractivity contribution >= 4 is 27.5 Å². The lowest BCUT2D eigenvalue weighted by Gasteiger charge is -2.16. The Kier molecular flexibility index (Phi) is 5.32. The fraction of sp³-hybridized carbons (Fsp3) is 0.318. The number of aromatic carboxylic acids is 1. The summed E-state index contributed by atoms with van der Waals surface area (Å²) in [4.78, 5) is 11.3. The maximum absolute atomic E-state index is 11.3. The van der Waals surface area contributed by atoms with E-state index >= 15 is 0 Å². The van der Waals surface area contributed by atoms with Crippen molar-refractivity contribution in [2.24, 2.45) is 0 Å². The van der Waals surface area contributed by atoms with Crippen LogP contribution < -0.4 is 10.1 Å². The number of carboxylic acid groups (broad SMARTS) is 1. The van der Waals surface area contributed by atoms with Crippen molar-refractivity contribution in [2.45, 2.75) is 31.8 Å². The van der Waals surface area contributed by atoms with E-state index in [1.807, 2.05) is 24.3 Å². The zero-order valence-corrected chi connectivity index (χ0v) is 16.6. The van der Waals surface area contributed by atoms with E-state index in [-0.39, 0.29) is 6.10 Å². The molecule has 0 bridgehead atoms. The number of carbonyl (C=O) groups is 1. The van der Waals surface area contributed by atoms with Gasteiger partial charge in [-0.15, -0.1) is 0 Å². The first kappa shape index (κ1) is 18.3. The van der Waals surface area contributed by atoms with Gasteiger partial charge in [0.1, 0.15) is 11.9 Å². The van der Waals surface area contributed by atoms with Gasteiger partial charge in [0.2, 0.25) is 0 Å². The first-order chi connectivity index (χ1) is 13.1. The van der Waals surface area contributed by atoms with Crippen molar-refractivity contribution in [1.82, 2.24) is 5.32 Å². The number of carboxylic acids is 1. The van der Waals surface area contributed by atoms with Gasteiger partial charge in [-0.05, 0) is 78.8 Å². The molecule has 1 aliphatic heterocycles. The summed E-state index contributed by atoms with van der Waals surface area (Å²) in [6.07, 6.45) is 4.10. The quantitative estimate of drug-likeness (QED) is 0.747. The van der Waals surface area contributed by atoms with Crippen molar-refractivity contribution in [3.8, 4) is 5.75 Å². The summed E-state index contributed by atoms with van der Waals surface area (Å²) in [5, 5.41) is 12.6. The normalized spacial score (nSPS) is 19.5. The lowest BCUT2D eigenvalue weighted by atomic mass is 9.92. The first-order valence-corrected chi connectivity index (χ1v) is 10.1. The van der Waals surface area contributed by atoms with Crippen LogP contribution in [0.3, 0.4) is 0 Å². The Balaban J connectivity index is 1.66. The molecule has 27 heavy (non-hydrogen) atoms. The molecule has 1 saturated heterocycles. The number of allylic oxidation sites excluding steroid dienone is 1. The molecule has 2 N–H and O–H groups in total. The van der Waals surface area contributed by atoms with E-state index in [4.69, 9.17) is 4.74 Å². The number of ether oxygens (including phenoxy) is 1. The van der Waals surface area contributed by atoms with Crippen LogP contribution in [0.5, 0.6) is 5.75 Å². The molecule has 2 aromatic rings. The summed E-state index contributed by atoms with van der Waals surface area (Å²) in [5.41, 5.74) is 4.81. The smallest absolute Gasteiger partial charge is 0.335 e. The SMILES string of the molecule is O=C(O)c1ccc2c(c1)CCCC(Br)=C2c1ccc(OC2CCNC2)cc1. The molecular weight excluding hydrogens is 406 g/mol. The van der Waals surface area contributed by atoms with Gasteiger partial charge in [-0.3, -0.25) is 0 Å². The second-order valence-electron chi connectivity index (χ2n) is 7.07. The van der Waals surface area contributed by atoms with Crippen molar-refractivity contribution in [3.05, 3.63) is 69.2 Å². The van der Waals surface area contributed by atoms with Crippen LogP contribution >= 0.6 is 15.9 Å². The zero-order valence-electron chi connectivity index (χ0n) is 15.0. The molecule has 1 heterocycles. The average Bonchev–Trinajstić information content (AvgIpc) is 3.11. The molecule has 1 aliphatic carbocycles. The summed E-state index contributed by atoms with van der Waals surface area (Å²) in [6, 6.07) is 13.7. The molecule has 2 aromatic carbocycles. The summed E-state index contributed by atoms with van der Waals surface area (Å²) < 4.78 is 7.19. The maximum atomic E-state index is 11.3. The van der Waals surface area contributed by atoms with Gasteiger partial charge in [0.25, 0.3) is 0 Å². The van der Waals surface area contributed by atoms with Crippen LogP contribution in [0.15, 0.2) is 46.9 Å². The number of halogens is 1. The second kappa shape index (κ2) is 7.87.